The summed E-state index contributed by atoms with van der Waals surface area (Å²) in [5.41, 5.74) is 0. The van der Waals surface area contributed by atoms with Crippen molar-refractivity contribution in [2.75, 3.05) is 0 Å². The molecule has 0 aliphatic heterocycles. The predicted molar refractivity (Wildman–Crippen MR) is 40.6 cm³/mol. The summed E-state index contributed by atoms with van der Waals surface area (Å²) in [7, 11) is 0. The minimum atomic E-state index is 0. The molecule has 48 valence electrons. The molecule has 0 aliphatic carbocycles. The molecule has 0 saturated carbocycles. The normalized spacial score (nSPS) is 2.50. The Kier molecular flexibility index (Phi) is 227. The molecule has 0 aromatic carbocycles. The molecule has 0 atom stereocenters. The van der Waals surface area contributed by atoms with Crippen LogP contribution in [0.25, 0.3) is 0 Å². The second-order valence-electron chi connectivity index (χ2n) is 0.530. The topological polar surface area (TPSA) is 0 Å². The molecular weight excluding hydrogens is 217 g/mol. The van der Waals surface area contributed by atoms with Crippen molar-refractivity contribution in [3.8, 4) is 5.92 Å². The molecule has 0 N–H and O–H groups in total. The largest absolute Gasteiger partial charge is 0.694 e. The quantitative estimate of drug-likeness (QED) is 0.340. The maximum Gasteiger partial charge on any atom is 0 e. The van der Waals surface area contributed by atoms with Gasteiger partial charge in [-0.25, -0.2) is 0 Å². The van der Waals surface area contributed by atoms with Gasteiger partial charge in [0.25, 0.3) is 0 Å². The average molecular weight is 229 g/mol. The Labute approximate surface area is 77.0 Å². The molecule has 8 heavy (non-hydrogen) atoms. The Morgan fingerprint density at radius 3 is 1.50 bits per heavy atom. The predicted octanol–water partition coefficient (Wildman–Crippen LogP) is 2.46. The zero-order valence-corrected chi connectivity index (χ0v) is 10.5. The standard InChI is InChI=1S/C4H5.2CH3.BrH.Zn/c1-3-4-2;;;;/h3H2,1H3;2*1H3;1H;/q3*-1;;. The van der Waals surface area contributed by atoms with Gasteiger partial charge < -0.3 is 27.2 Å². The van der Waals surface area contributed by atoms with E-state index in [4.69, 9.17) is 6.42 Å². The van der Waals surface area contributed by atoms with Gasteiger partial charge in [-0.1, -0.05) is 6.92 Å². The molecule has 0 rings (SSSR count). The molecule has 0 heterocycles. The SMILES string of the molecule is Br.[C-]#CCC.[CH3-].[CH3-].[Zn]. The first-order chi connectivity index (χ1) is 1.91. The molecule has 0 aromatic rings. The summed E-state index contributed by atoms with van der Waals surface area (Å²) in [5, 5.41) is 0. The zero-order valence-electron chi connectivity index (χ0n) is 5.82. The van der Waals surface area contributed by atoms with Gasteiger partial charge in [0.05, 0.1) is 0 Å². The third kappa shape index (κ3) is 77.2. The van der Waals surface area contributed by atoms with Gasteiger partial charge >= 0.3 is 0 Å². The third-order valence-corrected chi connectivity index (χ3v) is 0.177. The van der Waals surface area contributed by atoms with E-state index in [2.05, 4.69) is 5.92 Å². The van der Waals surface area contributed by atoms with Gasteiger partial charge in [-0.05, 0) is 6.42 Å². The van der Waals surface area contributed by atoms with Gasteiger partial charge in [0.15, 0.2) is 0 Å². The van der Waals surface area contributed by atoms with E-state index >= 15 is 0 Å². The van der Waals surface area contributed by atoms with Crippen molar-refractivity contribution in [1.82, 2.24) is 0 Å². The maximum atomic E-state index is 6.20. The van der Waals surface area contributed by atoms with Crippen molar-refractivity contribution in [3.63, 3.8) is 0 Å². The van der Waals surface area contributed by atoms with Crippen molar-refractivity contribution in [1.29, 1.82) is 0 Å². The van der Waals surface area contributed by atoms with Crippen LogP contribution in [-0.4, -0.2) is 0 Å². The Balaban J connectivity index is -0.00000000750. The van der Waals surface area contributed by atoms with Crippen LogP contribution in [0.4, 0.5) is 0 Å². The fraction of sp³-hybridized carbons (Fsp3) is 0.333. The number of hydrogen-bond acceptors (Lipinski definition) is 0. The molecule has 0 unspecified atom stereocenters. The van der Waals surface area contributed by atoms with Crippen molar-refractivity contribution in [3.05, 3.63) is 21.3 Å². The van der Waals surface area contributed by atoms with Crippen LogP contribution < -0.4 is 0 Å². The van der Waals surface area contributed by atoms with E-state index in [1.54, 1.807) is 0 Å². The Bertz CT molecular complexity index is 38.3. The van der Waals surface area contributed by atoms with Crippen molar-refractivity contribution in [2.45, 2.75) is 13.3 Å². The van der Waals surface area contributed by atoms with E-state index in [0.29, 0.717) is 0 Å². The molecular formula is C6H12BrZn-3. The Morgan fingerprint density at radius 1 is 1.38 bits per heavy atom. The van der Waals surface area contributed by atoms with E-state index in [0.717, 1.165) is 6.42 Å². The first-order valence-corrected chi connectivity index (χ1v) is 1.31. The van der Waals surface area contributed by atoms with E-state index in [1.165, 1.54) is 0 Å². The monoisotopic (exact) mass is 227 g/mol. The summed E-state index contributed by atoms with van der Waals surface area (Å²) < 4.78 is 0. The molecule has 0 amide bonds. The minimum Gasteiger partial charge on any atom is -0.694 e. The number of halogens is 1. The molecule has 0 radical (unpaired) electrons. The van der Waals surface area contributed by atoms with E-state index in [-0.39, 0.29) is 51.3 Å². The van der Waals surface area contributed by atoms with E-state index < -0.39 is 0 Å². The third-order valence-electron chi connectivity index (χ3n) is 0.177. The summed E-state index contributed by atoms with van der Waals surface area (Å²) in [4.78, 5) is 0. The minimum absolute atomic E-state index is 0. The summed E-state index contributed by atoms with van der Waals surface area (Å²) in [6.07, 6.45) is 6.94. The molecule has 2 heteroatoms. The van der Waals surface area contributed by atoms with Gasteiger partial charge in [-0.3, -0.25) is 0 Å². The summed E-state index contributed by atoms with van der Waals surface area (Å²) in [5.74, 6) is 2.18. The van der Waals surface area contributed by atoms with E-state index in [1.807, 2.05) is 6.92 Å². The van der Waals surface area contributed by atoms with Crippen molar-refractivity contribution >= 4 is 17.0 Å². The van der Waals surface area contributed by atoms with Crippen LogP contribution >= 0.6 is 17.0 Å². The average Bonchev–Trinajstić information content (AvgIpc) is 1.37. The molecule has 0 bridgehead atoms. The molecule has 0 saturated heterocycles. The van der Waals surface area contributed by atoms with Gasteiger partial charge in [0.2, 0.25) is 0 Å². The Morgan fingerprint density at radius 2 is 1.50 bits per heavy atom. The molecule has 0 spiro atoms. The fourth-order valence-electron chi connectivity index (χ4n) is 0. The smallest absolute Gasteiger partial charge is 0 e. The van der Waals surface area contributed by atoms with Crippen LogP contribution in [-0.2, 0) is 19.5 Å². The number of rotatable bonds is 0. The summed E-state index contributed by atoms with van der Waals surface area (Å²) in [6.45, 7) is 1.88. The summed E-state index contributed by atoms with van der Waals surface area (Å²) >= 11 is 0. The fourth-order valence-corrected chi connectivity index (χ4v) is 0. The first kappa shape index (κ1) is 37.9. The number of hydrogen-bond donors (Lipinski definition) is 0. The van der Waals surface area contributed by atoms with Crippen LogP contribution in [0.3, 0.4) is 0 Å². The van der Waals surface area contributed by atoms with Gasteiger partial charge in [-0.15, -0.1) is 17.0 Å². The van der Waals surface area contributed by atoms with Crippen LogP contribution in [0, 0.1) is 27.2 Å². The van der Waals surface area contributed by atoms with Crippen molar-refractivity contribution < 1.29 is 19.5 Å². The van der Waals surface area contributed by atoms with Crippen LogP contribution in [0.15, 0.2) is 0 Å². The van der Waals surface area contributed by atoms with Crippen LogP contribution in [0.2, 0.25) is 0 Å². The summed E-state index contributed by atoms with van der Waals surface area (Å²) in [6, 6.07) is 0. The van der Waals surface area contributed by atoms with Crippen LogP contribution in [0.1, 0.15) is 13.3 Å². The van der Waals surface area contributed by atoms with Gasteiger partial charge in [0, 0.05) is 19.5 Å². The second-order valence-corrected chi connectivity index (χ2v) is 0.530. The molecule has 0 aliphatic rings. The van der Waals surface area contributed by atoms with Crippen LogP contribution in [0.5, 0.6) is 0 Å². The molecule has 0 nitrogen and oxygen atoms in total. The Hall–Kier alpha value is 0.663. The van der Waals surface area contributed by atoms with Gasteiger partial charge in [0.1, 0.15) is 0 Å². The van der Waals surface area contributed by atoms with Crippen molar-refractivity contribution in [2.24, 2.45) is 0 Å². The van der Waals surface area contributed by atoms with Gasteiger partial charge in [-0.2, -0.15) is 0 Å². The molecule has 0 fully saturated rings. The van der Waals surface area contributed by atoms with E-state index in [9.17, 15) is 0 Å². The first-order valence-electron chi connectivity index (χ1n) is 1.31. The zero-order chi connectivity index (χ0) is 3.41. The molecule has 0 aromatic heterocycles. The second kappa shape index (κ2) is 48.0. The maximum absolute atomic E-state index is 6.20.